The molecular weight excluding hydrogens is 320 g/mol. The molecule has 2 heteroatoms. The molecule has 0 saturated heterocycles. The Labute approximate surface area is 155 Å². The number of aryl methyl sites for hydroxylation is 1. The standard InChI is InChI=1S/C24H24O2/c1-2-3-5-8-19-11-13-22(14-12-19)24(25)26-23-17-15-21(16-18-23)20-9-6-4-7-10-20/h4,6-7,9-18H,2-3,5,8H2,1H3. The van der Waals surface area contributed by atoms with Crippen molar-refractivity contribution in [1.29, 1.82) is 0 Å². The van der Waals surface area contributed by atoms with Gasteiger partial charge in [0, 0.05) is 0 Å². The maximum atomic E-state index is 12.3. The SMILES string of the molecule is CCCCCc1ccc(C(=O)Oc2ccc(-c3ccccc3)cc2)cc1. The lowest BCUT2D eigenvalue weighted by Crippen LogP contribution is -2.08. The van der Waals surface area contributed by atoms with Crippen LogP contribution in [0, 0.1) is 0 Å². The lowest BCUT2D eigenvalue weighted by atomic mass is 10.1. The smallest absolute Gasteiger partial charge is 0.343 e. The highest BCUT2D eigenvalue weighted by atomic mass is 16.5. The predicted molar refractivity (Wildman–Crippen MR) is 107 cm³/mol. The molecule has 0 spiro atoms. The van der Waals surface area contributed by atoms with E-state index < -0.39 is 0 Å². The van der Waals surface area contributed by atoms with Gasteiger partial charge in [0.2, 0.25) is 0 Å². The topological polar surface area (TPSA) is 26.3 Å². The second-order valence-corrected chi connectivity index (χ2v) is 6.43. The Balaban J connectivity index is 1.61. The Kier molecular flexibility index (Phi) is 6.21. The minimum Gasteiger partial charge on any atom is -0.423 e. The van der Waals surface area contributed by atoms with E-state index in [0.717, 1.165) is 17.5 Å². The first-order valence-corrected chi connectivity index (χ1v) is 9.23. The molecule has 0 saturated carbocycles. The quantitative estimate of drug-likeness (QED) is 0.285. The summed E-state index contributed by atoms with van der Waals surface area (Å²) in [6, 6.07) is 25.5. The molecule has 0 aromatic heterocycles. The highest BCUT2D eigenvalue weighted by Crippen LogP contribution is 2.22. The average Bonchev–Trinajstić information content (AvgIpc) is 2.70. The van der Waals surface area contributed by atoms with Crippen LogP contribution in [-0.2, 0) is 6.42 Å². The molecule has 26 heavy (non-hydrogen) atoms. The van der Waals surface area contributed by atoms with Crippen LogP contribution in [0.5, 0.6) is 5.75 Å². The highest BCUT2D eigenvalue weighted by Gasteiger charge is 2.09. The second-order valence-electron chi connectivity index (χ2n) is 6.43. The van der Waals surface area contributed by atoms with Gasteiger partial charge in [-0.1, -0.05) is 74.4 Å². The summed E-state index contributed by atoms with van der Waals surface area (Å²) >= 11 is 0. The first-order chi connectivity index (χ1) is 12.8. The fraction of sp³-hybridized carbons (Fsp3) is 0.208. The van der Waals surface area contributed by atoms with Gasteiger partial charge in [-0.3, -0.25) is 0 Å². The van der Waals surface area contributed by atoms with Crippen LogP contribution >= 0.6 is 0 Å². The number of hydrogen-bond donors (Lipinski definition) is 0. The van der Waals surface area contributed by atoms with Crippen LogP contribution in [0.15, 0.2) is 78.9 Å². The van der Waals surface area contributed by atoms with E-state index >= 15 is 0 Å². The predicted octanol–water partition coefficient (Wildman–Crippen LogP) is 6.31. The lowest BCUT2D eigenvalue weighted by molar-refractivity contribution is 0.0735. The largest absolute Gasteiger partial charge is 0.423 e. The van der Waals surface area contributed by atoms with Crippen molar-refractivity contribution in [2.24, 2.45) is 0 Å². The van der Waals surface area contributed by atoms with Crippen molar-refractivity contribution in [2.75, 3.05) is 0 Å². The van der Waals surface area contributed by atoms with Crippen LogP contribution in [0.4, 0.5) is 0 Å². The van der Waals surface area contributed by atoms with Crippen molar-refractivity contribution in [3.8, 4) is 16.9 Å². The normalized spacial score (nSPS) is 10.5. The highest BCUT2D eigenvalue weighted by molar-refractivity contribution is 5.91. The average molecular weight is 344 g/mol. The zero-order valence-corrected chi connectivity index (χ0v) is 15.2. The molecule has 0 aliphatic heterocycles. The fourth-order valence-electron chi connectivity index (χ4n) is 2.90. The maximum absolute atomic E-state index is 12.3. The van der Waals surface area contributed by atoms with Gasteiger partial charge in [0.25, 0.3) is 0 Å². The summed E-state index contributed by atoms with van der Waals surface area (Å²) in [6.07, 6.45) is 4.70. The van der Waals surface area contributed by atoms with Crippen LogP contribution < -0.4 is 4.74 Å². The number of carbonyl (C=O) groups excluding carboxylic acids is 1. The molecule has 0 radical (unpaired) electrons. The molecule has 3 rings (SSSR count). The number of carbonyl (C=O) groups is 1. The molecule has 0 aliphatic carbocycles. The van der Waals surface area contributed by atoms with Gasteiger partial charge < -0.3 is 4.74 Å². The van der Waals surface area contributed by atoms with E-state index in [4.69, 9.17) is 4.74 Å². The molecule has 0 amide bonds. The first-order valence-electron chi connectivity index (χ1n) is 9.23. The van der Waals surface area contributed by atoms with E-state index in [9.17, 15) is 4.79 Å². The molecule has 0 bridgehead atoms. The van der Waals surface area contributed by atoms with Crippen LogP contribution in [0.25, 0.3) is 11.1 Å². The van der Waals surface area contributed by atoms with Crippen molar-refractivity contribution in [3.63, 3.8) is 0 Å². The fourth-order valence-corrected chi connectivity index (χ4v) is 2.90. The van der Waals surface area contributed by atoms with Crippen molar-refractivity contribution < 1.29 is 9.53 Å². The van der Waals surface area contributed by atoms with Crippen molar-refractivity contribution >= 4 is 5.97 Å². The minimum atomic E-state index is -0.322. The molecule has 132 valence electrons. The summed E-state index contributed by atoms with van der Waals surface area (Å²) < 4.78 is 5.49. The number of unbranched alkanes of at least 4 members (excludes halogenated alkanes) is 2. The molecular formula is C24H24O2. The summed E-state index contributed by atoms with van der Waals surface area (Å²) in [4.78, 5) is 12.3. The minimum absolute atomic E-state index is 0.322. The number of ether oxygens (including phenoxy) is 1. The van der Waals surface area contributed by atoms with E-state index in [-0.39, 0.29) is 5.97 Å². The summed E-state index contributed by atoms with van der Waals surface area (Å²) in [5, 5.41) is 0. The van der Waals surface area contributed by atoms with Gasteiger partial charge in [-0.25, -0.2) is 4.79 Å². The van der Waals surface area contributed by atoms with Crippen LogP contribution in [0.2, 0.25) is 0 Å². The number of benzene rings is 3. The summed E-state index contributed by atoms with van der Waals surface area (Å²) in [5.74, 6) is 0.235. The molecule has 2 nitrogen and oxygen atoms in total. The van der Waals surface area contributed by atoms with Gasteiger partial charge in [-0.2, -0.15) is 0 Å². The van der Waals surface area contributed by atoms with Gasteiger partial charge >= 0.3 is 5.97 Å². The second kappa shape index (κ2) is 9.00. The van der Waals surface area contributed by atoms with Gasteiger partial charge in [0.1, 0.15) is 5.75 Å². The van der Waals surface area contributed by atoms with E-state index in [1.807, 2.05) is 66.7 Å². The van der Waals surface area contributed by atoms with E-state index in [1.165, 1.54) is 24.8 Å². The molecule has 3 aromatic rings. The zero-order valence-electron chi connectivity index (χ0n) is 15.2. The molecule has 0 unspecified atom stereocenters. The van der Waals surface area contributed by atoms with Crippen LogP contribution in [0.3, 0.4) is 0 Å². The molecule has 3 aromatic carbocycles. The third-order valence-electron chi connectivity index (χ3n) is 4.43. The third-order valence-corrected chi connectivity index (χ3v) is 4.43. The Morgan fingerprint density at radius 1 is 0.769 bits per heavy atom. The molecule has 0 atom stereocenters. The van der Waals surface area contributed by atoms with Crippen molar-refractivity contribution in [3.05, 3.63) is 90.0 Å². The van der Waals surface area contributed by atoms with Crippen molar-refractivity contribution in [2.45, 2.75) is 32.6 Å². The number of hydrogen-bond acceptors (Lipinski definition) is 2. The van der Waals surface area contributed by atoms with Gasteiger partial charge in [-0.05, 0) is 53.8 Å². The first kappa shape index (κ1) is 17.9. The van der Waals surface area contributed by atoms with Crippen LogP contribution in [-0.4, -0.2) is 5.97 Å². The monoisotopic (exact) mass is 344 g/mol. The van der Waals surface area contributed by atoms with Crippen molar-refractivity contribution in [1.82, 2.24) is 0 Å². The molecule has 0 heterocycles. The van der Waals surface area contributed by atoms with Gasteiger partial charge in [-0.15, -0.1) is 0 Å². The zero-order chi connectivity index (χ0) is 18.2. The maximum Gasteiger partial charge on any atom is 0.343 e. The Bertz CT molecular complexity index is 818. The van der Waals surface area contributed by atoms with Gasteiger partial charge in [0.15, 0.2) is 0 Å². The lowest BCUT2D eigenvalue weighted by Gasteiger charge is -2.07. The third kappa shape index (κ3) is 4.82. The molecule has 0 fully saturated rings. The Morgan fingerprint density at radius 2 is 1.42 bits per heavy atom. The molecule has 0 aliphatic rings. The van der Waals surface area contributed by atoms with E-state index in [2.05, 4.69) is 19.1 Å². The number of esters is 1. The van der Waals surface area contributed by atoms with Crippen LogP contribution in [0.1, 0.15) is 42.1 Å². The van der Waals surface area contributed by atoms with Gasteiger partial charge in [0.05, 0.1) is 5.56 Å². The number of rotatable bonds is 7. The van der Waals surface area contributed by atoms with E-state index in [1.54, 1.807) is 0 Å². The summed E-state index contributed by atoms with van der Waals surface area (Å²) in [6.45, 7) is 2.20. The Hall–Kier alpha value is -2.87. The Morgan fingerprint density at radius 3 is 2.08 bits per heavy atom. The summed E-state index contributed by atoms with van der Waals surface area (Å²) in [7, 11) is 0. The van der Waals surface area contributed by atoms with E-state index in [0.29, 0.717) is 11.3 Å². The summed E-state index contributed by atoms with van der Waals surface area (Å²) in [5.41, 5.74) is 4.09. The molecule has 0 N–H and O–H groups in total.